The summed E-state index contributed by atoms with van der Waals surface area (Å²) in [4.78, 5) is 11.6. The normalized spacial score (nSPS) is 32.6. The monoisotopic (exact) mass is 285 g/mol. The van der Waals surface area contributed by atoms with E-state index < -0.39 is 11.5 Å². The molecule has 110 valence electrons. The molecule has 2 atom stereocenters. The molecule has 3 nitrogen and oxygen atoms in total. The molecule has 0 saturated heterocycles. The molecule has 0 heterocycles. The zero-order valence-corrected chi connectivity index (χ0v) is 12.8. The maximum Gasteiger partial charge on any atom is 0.323 e. The van der Waals surface area contributed by atoms with Crippen molar-refractivity contribution in [2.24, 2.45) is 0 Å². The molecule has 0 amide bonds. The first-order valence-corrected chi connectivity index (χ1v) is 8.74. The van der Waals surface area contributed by atoms with Crippen LogP contribution in [0.2, 0.25) is 0 Å². The van der Waals surface area contributed by atoms with E-state index in [9.17, 15) is 9.90 Å². The molecule has 2 N–H and O–H groups in total. The van der Waals surface area contributed by atoms with Gasteiger partial charge in [-0.25, -0.2) is 0 Å². The van der Waals surface area contributed by atoms with Crippen LogP contribution in [-0.4, -0.2) is 33.7 Å². The van der Waals surface area contributed by atoms with Crippen molar-refractivity contribution in [1.29, 1.82) is 0 Å². The van der Waals surface area contributed by atoms with Crippen LogP contribution in [0.15, 0.2) is 0 Å². The van der Waals surface area contributed by atoms with Crippen LogP contribution in [0.1, 0.15) is 64.7 Å². The third-order valence-corrected chi connectivity index (χ3v) is 6.17. The Morgan fingerprint density at radius 2 is 2.00 bits per heavy atom. The van der Waals surface area contributed by atoms with Crippen LogP contribution < -0.4 is 5.32 Å². The lowest BCUT2D eigenvalue weighted by atomic mass is 9.98. The van der Waals surface area contributed by atoms with Crippen molar-refractivity contribution in [2.75, 3.05) is 6.54 Å². The number of aliphatic carboxylic acids is 1. The SMILES string of the molecule is CCCNC1(C(=O)O)CCC(SC2CCCCC2)C1. The minimum absolute atomic E-state index is 0.545. The van der Waals surface area contributed by atoms with E-state index in [0.717, 1.165) is 37.5 Å². The Morgan fingerprint density at radius 1 is 1.26 bits per heavy atom. The van der Waals surface area contributed by atoms with E-state index in [-0.39, 0.29) is 0 Å². The molecule has 0 radical (unpaired) electrons. The fourth-order valence-electron chi connectivity index (χ4n) is 3.38. The third kappa shape index (κ3) is 3.88. The summed E-state index contributed by atoms with van der Waals surface area (Å²) >= 11 is 2.08. The first-order valence-electron chi connectivity index (χ1n) is 7.80. The summed E-state index contributed by atoms with van der Waals surface area (Å²) in [5, 5.41) is 14.2. The van der Waals surface area contributed by atoms with Crippen LogP contribution >= 0.6 is 11.8 Å². The van der Waals surface area contributed by atoms with E-state index in [1.807, 2.05) is 0 Å². The van der Waals surface area contributed by atoms with Crippen molar-refractivity contribution in [1.82, 2.24) is 5.32 Å². The number of carbonyl (C=O) groups is 1. The largest absolute Gasteiger partial charge is 0.480 e. The van der Waals surface area contributed by atoms with Gasteiger partial charge in [0.05, 0.1) is 0 Å². The Bertz CT molecular complexity index is 305. The van der Waals surface area contributed by atoms with Crippen LogP contribution in [0.3, 0.4) is 0 Å². The van der Waals surface area contributed by atoms with Gasteiger partial charge >= 0.3 is 5.97 Å². The van der Waals surface area contributed by atoms with Crippen LogP contribution in [0, 0.1) is 0 Å². The molecule has 0 spiro atoms. The van der Waals surface area contributed by atoms with Crippen LogP contribution in [0.25, 0.3) is 0 Å². The standard InChI is InChI=1S/C15H27NO2S/c1-2-10-16-15(14(17)18)9-8-13(11-15)19-12-6-4-3-5-7-12/h12-13,16H,2-11H2,1H3,(H,17,18). The quantitative estimate of drug-likeness (QED) is 0.785. The Morgan fingerprint density at radius 3 is 2.63 bits per heavy atom. The second kappa shape index (κ2) is 6.98. The summed E-state index contributed by atoms with van der Waals surface area (Å²) < 4.78 is 0. The van der Waals surface area contributed by atoms with Crippen LogP contribution in [0.4, 0.5) is 0 Å². The Hall–Kier alpha value is -0.220. The van der Waals surface area contributed by atoms with Crippen molar-refractivity contribution in [3.8, 4) is 0 Å². The van der Waals surface area contributed by atoms with E-state index >= 15 is 0 Å². The number of carboxylic acid groups (broad SMARTS) is 1. The van der Waals surface area contributed by atoms with Gasteiger partial charge in [-0.15, -0.1) is 0 Å². The topological polar surface area (TPSA) is 49.3 Å². The fourth-order valence-corrected chi connectivity index (χ4v) is 5.17. The Balaban J connectivity index is 1.86. The van der Waals surface area contributed by atoms with Crippen molar-refractivity contribution >= 4 is 17.7 Å². The zero-order valence-electron chi connectivity index (χ0n) is 12.0. The van der Waals surface area contributed by atoms with Gasteiger partial charge in [0.25, 0.3) is 0 Å². The molecule has 19 heavy (non-hydrogen) atoms. The lowest BCUT2D eigenvalue weighted by molar-refractivity contribution is -0.144. The molecule has 2 rings (SSSR count). The Labute approximate surface area is 120 Å². The van der Waals surface area contributed by atoms with Crippen LogP contribution in [-0.2, 0) is 4.79 Å². The van der Waals surface area contributed by atoms with Gasteiger partial charge in [-0.2, -0.15) is 11.8 Å². The van der Waals surface area contributed by atoms with E-state index in [2.05, 4.69) is 24.0 Å². The first-order chi connectivity index (χ1) is 9.16. The molecule has 0 bridgehead atoms. The molecule has 0 aromatic carbocycles. The van der Waals surface area contributed by atoms with Crippen molar-refractivity contribution in [3.05, 3.63) is 0 Å². The number of carboxylic acids is 1. The lowest BCUT2D eigenvalue weighted by Crippen LogP contribution is -2.50. The molecule has 2 aliphatic carbocycles. The highest BCUT2D eigenvalue weighted by atomic mass is 32.2. The predicted octanol–water partition coefficient (Wildman–Crippen LogP) is 3.43. The predicted molar refractivity (Wildman–Crippen MR) is 80.8 cm³/mol. The molecular weight excluding hydrogens is 258 g/mol. The number of nitrogens with one attached hydrogen (secondary N) is 1. The van der Waals surface area contributed by atoms with Gasteiger partial charge in [0, 0.05) is 10.5 Å². The molecule has 0 aromatic heterocycles. The van der Waals surface area contributed by atoms with Crippen molar-refractivity contribution in [3.63, 3.8) is 0 Å². The second-order valence-corrected chi connectivity index (χ2v) is 7.68. The molecule has 2 saturated carbocycles. The van der Waals surface area contributed by atoms with Gasteiger partial charge in [0.1, 0.15) is 5.54 Å². The first kappa shape index (κ1) is 15.2. The van der Waals surface area contributed by atoms with E-state index in [4.69, 9.17) is 0 Å². The van der Waals surface area contributed by atoms with Gasteiger partial charge in [-0.05, 0) is 45.1 Å². The van der Waals surface area contributed by atoms with Crippen molar-refractivity contribution in [2.45, 2.75) is 80.7 Å². The fraction of sp³-hybridized carbons (Fsp3) is 0.933. The highest BCUT2D eigenvalue weighted by molar-refractivity contribution is 8.00. The van der Waals surface area contributed by atoms with Crippen molar-refractivity contribution < 1.29 is 9.90 Å². The summed E-state index contributed by atoms with van der Waals surface area (Å²) in [6.07, 6.45) is 10.5. The molecular formula is C15H27NO2S. The number of hydrogen-bond acceptors (Lipinski definition) is 3. The molecule has 2 unspecified atom stereocenters. The molecule has 2 fully saturated rings. The number of rotatable bonds is 6. The summed E-state index contributed by atoms with van der Waals surface area (Å²) in [6.45, 7) is 2.90. The summed E-state index contributed by atoms with van der Waals surface area (Å²) in [5.74, 6) is -0.646. The van der Waals surface area contributed by atoms with Gasteiger partial charge in [-0.1, -0.05) is 26.2 Å². The molecule has 0 aromatic rings. The lowest BCUT2D eigenvalue weighted by Gasteiger charge is -2.27. The van der Waals surface area contributed by atoms with E-state index in [0.29, 0.717) is 5.25 Å². The Kier molecular flexibility index (Phi) is 5.58. The zero-order chi connectivity index (χ0) is 13.7. The average Bonchev–Trinajstić information content (AvgIpc) is 2.82. The highest BCUT2D eigenvalue weighted by Gasteiger charge is 2.45. The summed E-state index contributed by atoms with van der Waals surface area (Å²) in [7, 11) is 0. The van der Waals surface area contributed by atoms with E-state index in [1.54, 1.807) is 0 Å². The molecule has 0 aliphatic heterocycles. The van der Waals surface area contributed by atoms with Gasteiger partial charge < -0.3 is 10.4 Å². The average molecular weight is 285 g/mol. The van der Waals surface area contributed by atoms with Crippen LogP contribution in [0.5, 0.6) is 0 Å². The molecule has 2 aliphatic rings. The van der Waals surface area contributed by atoms with Gasteiger partial charge in [0.2, 0.25) is 0 Å². The minimum atomic E-state index is -0.646. The maximum absolute atomic E-state index is 11.6. The second-order valence-electron chi connectivity index (χ2n) is 6.07. The van der Waals surface area contributed by atoms with E-state index in [1.165, 1.54) is 32.1 Å². The number of thioether (sulfide) groups is 1. The van der Waals surface area contributed by atoms with Gasteiger partial charge in [0.15, 0.2) is 0 Å². The third-order valence-electron chi connectivity index (χ3n) is 4.53. The molecule has 4 heteroatoms. The summed E-state index contributed by atoms with van der Waals surface area (Å²) in [5.41, 5.74) is -0.637. The highest BCUT2D eigenvalue weighted by Crippen LogP contribution is 2.42. The maximum atomic E-state index is 11.6. The summed E-state index contributed by atoms with van der Waals surface area (Å²) in [6, 6.07) is 0. The van der Waals surface area contributed by atoms with Gasteiger partial charge in [-0.3, -0.25) is 4.79 Å². The smallest absolute Gasteiger partial charge is 0.323 e. The number of hydrogen-bond donors (Lipinski definition) is 2. The minimum Gasteiger partial charge on any atom is -0.480 e.